The monoisotopic (exact) mass is 537 g/mol. The summed E-state index contributed by atoms with van der Waals surface area (Å²) in [6.45, 7) is 0.946. The number of fused-ring (bicyclic) bond motifs is 1. The number of aliphatic carboxylic acids is 1. The summed E-state index contributed by atoms with van der Waals surface area (Å²) < 4.78 is 2.05. The number of hydrogen-bond donors (Lipinski definition) is 3. The molecule has 2 aromatic carbocycles. The number of carboxylic acids is 1. The number of halogens is 2. The number of rotatable bonds is 7. The highest BCUT2D eigenvalue weighted by Crippen LogP contribution is 2.29. The van der Waals surface area contributed by atoms with Gasteiger partial charge in [-0.25, -0.2) is 14.8 Å². The summed E-state index contributed by atoms with van der Waals surface area (Å²) in [5.74, 6) is -0.885. The van der Waals surface area contributed by atoms with Crippen molar-refractivity contribution in [3.05, 3.63) is 87.8 Å². The van der Waals surface area contributed by atoms with Crippen LogP contribution in [0.3, 0.4) is 0 Å². The second kappa shape index (κ2) is 10.9. The first-order chi connectivity index (χ1) is 17.9. The summed E-state index contributed by atoms with van der Waals surface area (Å²) in [7, 11) is 0. The van der Waals surface area contributed by atoms with Crippen LogP contribution in [-0.4, -0.2) is 44.1 Å². The van der Waals surface area contributed by atoms with Crippen LogP contribution in [0.2, 0.25) is 10.0 Å². The summed E-state index contributed by atoms with van der Waals surface area (Å²) in [5, 5.41) is 16.2. The van der Waals surface area contributed by atoms with Gasteiger partial charge in [-0.15, -0.1) is 0 Å². The van der Waals surface area contributed by atoms with Crippen molar-refractivity contribution in [2.75, 3.05) is 6.54 Å². The van der Waals surface area contributed by atoms with Gasteiger partial charge in [-0.2, -0.15) is 0 Å². The lowest BCUT2D eigenvalue weighted by Gasteiger charge is -2.24. The fourth-order valence-corrected chi connectivity index (χ4v) is 5.22. The molecule has 190 valence electrons. The van der Waals surface area contributed by atoms with E-state index < -0.39 is 17.9 Å². The van der Waals surface area contributed by atoms with E-state index in [1.165, 1.54) is 12.1 Å². The molecule has 0 unspecified atom stereocenters. The normalized spacial score (nSPS) is 16.4. The number of pyridine rings is 1. The van der Waals surface area contributed by atoms with Gasteiger partial charge < -0.3 is 15.7 Å². The maximum atomic E-state index is 12.7. The average Bonchev–Trinajstić information content (AvgIpc) is 3.29. The Labute approximate surface area is 223 Å². The molecule has 1 aliphatic heterocycles. The van der Waals surface area contributed by atoms with Crippen molar-refractivity contribution in [3.63, 3.8) is 0 Å². The van der Waals surface area contributed by atoms with Crippen molar-refractivity contribution in [3.8, 4) is 5.69 Å². The Bertz CT molecular complexity index is 1430. The number of carbonyl (C=O) groups is 2. The molecule has 37 heavy (non-hydrogen) atoms. The SMILES string of the molecule is O=C(N[C@@H](Cc1ccc(-n2c([C@H]3CCCCN3)nc3cccnc32)cc1)C(=O)O)c1c(Cl)cccc1Cl. The average molecular weight is 538 g/mol. The first-order valence-corrected chi connectivity index (χ1v) is 12.8. The molecule has 1 saturated heterocycles. The molecule has 0 radical (unpaired) electrons. The summed E-state index contributed by atoms with van der Waals surface area (Å²) >= 11 is 12.2. The number of imidazole rings is 1. The van der Waals surface area contributed by atoms with Crippen molar-refractivity contribution in [1.82, 2.24) is 25.2 Å². The van der Waals surface area contributed by atoms with Crippen LogP contribution >= 0.6 is 23.2 Å². The number of nitrogens with one attached hydrogen (secondary N) is 2. The van der Waals surface area contributed by atoms with Gasteiger partial charge in [-0.3, -0.25) is 9.36 Å². The molecule has 2 atom stereocenters. The van der Waals surface area contributed by atoms with Crippen molar-refractivity contribution in [1.29, 1.82) is 0 Å². The molecule has 8 nitrogen and oxygen atoms in total. The highest BCUT2D eigenvalue weighted by atomic mass is 35.5. The van der Waals surface area contributed by atoms with Gasteiger partial charge in [0, 0.05) is 18.3 Å². The summed E-state index contributed by atoms with van der Waals surface area (Å²) in [5.41, 5.74) is 3.27. The van der Waals surface area contributed by atoms with E-state index in [9.17, 15) is 14.7 Å². The molecule has 4 aromatic rings. The van der Waals surface area contributed by atoms with Crippen LogP contribution in [0.4, 0.5) is 0 Å². The molecule has 1 fully saturated rings. The molecule has 5 rings (SSSR count). The zero-order valence-electron chi connectivity index (χ0n) is 19.8. The molecular weight excluding hydrogens is 513 g/mol. The zero-order valence-corrected chi connectivity index (χ0v) is 21.3. The lowest BCUT2D eigenvalue weighted by Crippen LogP contribution is -2.42. The summed E-state index contributed by atoms with van der Waals surface area (Å²) in [4.78, 5) is 34.1. The molecule has 0 spiro atoms. The van der Waals surface area contributed by atoms with Gasteiger partial charge in [0.2, 0.25) is 0 Å². The van der Waals surface area contributed by atoms with E-state index in [0.29, 0.717) is 0 Å². The van der Waals surface area contributed by atoms with E-state index in [0.717, 1.165) is 54.0 Å². The molecule has 10 heteroatoms. The zero-order chi connectivity index (χ0) is 25.9. The fraction of sp³-hybridized carbons (Fsp3) is 0.259. The Kier molecular flexibility index (Phi) is 7.41. The van der Waals surface area contributed by atoms with Gasteiger partial charge in [0.1, 0.15) is 17.4 Å². The predicted octanol–water partition coefficient (Wildman–Crippen LogP) is 4.97. The second-order valence-corrected chi connectivity index (χ2v) is 9.80. The third kappa shape index (κ3) is 5.32. The van der Waals surface area contributed by atoms with E-state index >= 15 is 0 Å². The van der Waals surface area contributed by atoms with Crippen LogP contribution in [0, 0.1) is 0 Å². The van der Waals surface area contributed by atoms with Crippen molar-refractivity contribution >= 4 is 46.2 Å². The molecule has 3 heterocycles. The Balaban J connectivity index is 1.40. The van der Waals surface area contributed by atoms with Crippen LogP contribution in [0.5, 0.6) is 0 Å². The minimum atomic E-state index is -1.16. The fourth-order valence-electron chi connectivity index (χ4n) is 4.65. The van der Waals surface area contributed by atoms with Gasteiger partial charge in [0.05, 0.1) is 21.7 Å². The molecule has 0 bridgehead atoms. The maximum Gasteiger partial charge on any atom is 0.326 e. The van der Waals surface area contributed by atoms with Crippen LogP contribution in [0.15, 0.2) is 60.8 Å². The Morgan fingerprint density at radius 2 is 1.84 bits per heavy atom. The standard InChI is InChI=1S/C27H25Cl2N5O3/c28-18-5-3-6-19(29)23(18)26(35)33-22(27(36)37)15-16-9-11-17(12-10-16)34-24-21(8-4-14-31-24)32-25(34)20-7-1-2-13-30-20/h3-6,8-12,14,20,22,30H,1-2,7,13,15H2,(H,33,35)(H,36,37)/t20-,22+/m1/s1. The first kappa shape index (κ1) is 25.2. The van der Waals surface area contributed by atoms with Crippen LogP contribution in [-0.2, 0) is 11.2 Å². The number of benzene rings is 2. The van der Waals surface area contributed by atoms with Gasteiger partial charge in [-0.05, 0) is 61.3 Å². The van der Waals surface area contributed by atoms with E-state index in [1.807, 2.05) is 36.4 Å². The highest BCUT2D eigenvalue weighted by molar-refractivity contribution is 6.39. The number of aromatic nitrogens is 3. The highest BCUT2D eigenvalue weighted by Gasteiger charge is 2.25. The van der Waals surface area contributed by atoms with Crippen molar-refractivity contribution in [2.24, 2.45) is 0 Å². The smallest absolute Gasteiger partial charge is 0.326 e. The van der Waals surface area contributed by atoms with E-state index in [-0.39, 0.29) is 28.1 Å². The van der Waals surface area contributed by atoms with Gasteiger partial charge in [0.15, 0.2) is 5.65 Å². The Morgan fingerprint density at radius 1 is 1.08 bits per heavy atom. The molecule has 1 aliphatic rings. The van der Waals surface area contributed by atoms with Gasteiger partial charge >= 0.3 is 5.97 Å². The number of nitrogens with zero attached hydrogens (tertiary/aromatic N) is 3. The Hall–Kier alpha value is -3.46. The summed E-state index contributed by atoms with van der Waals surface area (Å²) in [6, 6.07) is 15.0. The lowest BCUT2D eigenvalue weighted by atomic mass is 10.0. The number of piperidine rings is 1. The minimum Gasteiger partial charge on any atom is -0.480 e. The van der Waals surface area contributed by atoms with Gasteiger partial charge in [-0.1, -0.05) is 47.8 Å². The van der Waals surface area contributed by atoms with Crippen molar-refractivity contribution < 1.29 is 14.7 Å². The molecule has 0 aliphatic carbocycles. The molecule has 0 saturated carbocycles. The molecule has 3 N–H and O–H groups in total. The quantitative estimate of drug-likeness (QED) is 0.307. The van der Waals surface area contributed by atoms with Gasteiger partial charge in [0.25, 0.3) is 5.91 Å². The Morgan fingerprint density at radius 3 is 2.51 bits per heavy atom. The third-order valence-corrected chi connectivity index (χ3v) is 7.12. The lowest BCUT2D eigenvalue weighted by molar-refractivity contribution is -0.139. The van der Waals surface area contributed by atoms with Crippen molar-refractivity contribution in [2.45, 2.75) is 37.8 Å². The number of carboxylic acid groups (broad SMARTS) is 1. The van der Waals surface area contributed by atoms with Crippen LogP contribution in [0.1, 0.15) is 47.1 Å². The topological polar surface area (TPSA) is 109 Å². The van der Waals surface area contributed by atoms with Crippen LogP contribution < -0.4 is 10.6 Å². The number of carbonyl (C=O) groups excluding carboxylic acids is 1. The van der Waals surface area contributed by atoms with E-state index in [1.54, 1.807) is 12.3 Å². The van der Waals surface area contributed by atoms with E-state index in [2.05, 4.69) is 20.2 Å². The summed E-state index contributed by atoms with van der Waals surface area (Å²) in [6.07, 6.45) is 5.11. The second-order valence-electron chi connectivity index (χ2n) is 8.99. The minimum absolute atomic E-state index is 0.0516. The predicted molar refractivity (Wildman–Crippen MR) is 143 cm³/mol. The maximum absolute atomic E-state index is 12.7. The molecule has 1 amide bonds. The first-order valence-electron chi connectivity index (χ1n) is 12.1. The molecule has 2 aromatic heterocycles. The number of hydrogen-bond acceptors (Lipinski definition) is 5. The largest absolute Gasteiger partial charge is 0.480 e. The van der Waals surface area contributed by atoms with Crippen LogP contribution in [0.25, 0.3) is 16.9 Å². The third-order valence-electron chi connectivity index (χ3n) is 6.49. The van der Waals surface area contributed by atoms with E-state index in [4.69, 9.17) is 28.2 Å². The molecular formula is C27H25Cl2N5O3. The number of amides is 1.